The highest BCUT2D eigenvalue weighted by Gasteiger charge is 2.26. The molecule has 160 valence electrons. The molecular formula is C25H26N2O4. The Balaban J connectivity index is 1.40. The fourth-order valence-corrected chi connectivity index (χ4v) is 4.03. The van der Waals surface area contributed by atoms with Crippen LogP contribution in [-0.4, -0.2) is 50.1 Å². The van der Waals surface area contributed by atoms with Crippen LogP contribution in [0.3, 0.4) is 0 Å². The highest BCUT2D eigenvalue weighted by molar-refractivity contribution is 6.07. The minimum absolute atomic E-state index is 0.0374. The molecule has 0 unspecified atom stereocenters. The van der Waals surface area contributed by atoms with Gasteiger partial charge < -0.3 is 19.7 Å². The van der Waals surface area contributed by atoms with Gasteiger partial charge in [0.2, 0.25) is 0 Å². The van der Waals surface area contributed by atoms with Gasteiger partial charge in [-0.15, -0.1) is 0 Å². The van der Waals surface area contributed by atoms with Gasteiger partial charge in [-0.1, -0.05) is 36.4 Å². The first-order valence-electron chi connectivity index (χ1n) is 10.4. The number of rotatable bonds is 5. The van der Waals surface area contributed by atoms with E-state index in [1.807, 2.05) is 47.4 Å². The zero-order valence-corrected chi connectivity index (χ0v) is 17.8. The van der Waals surface area contributed by atoms with Gasteiger partial charge in [-0.2, -0.15) is 0 Å². The maximum Gasteiger partial charge on any atom is 0.254 e. The molecule has 0 saturated carbocycles. The number of hydrogen-bond acceptors (Lipinski definition) is 4. The summed E-state index contributed by atoms with van der Waals surface area (Å²) in [6, 6.07) is 18.9. The number of nitrogens with one attached hydrogen (secondary N) is 1. The molecule has 6 nitrogen and oxygen atoms in total. The summed E-state index contributed by atoms with van der Waals surface area (Å²) in [4.78, 5) is 27.7. The zero-order valence-electron chi connectivity index (χ0n) is 17.8. The molecule has 0 aliphatic carbocycles. The van der Waals surface area contributed by atoms with Crippen molar-refractivity contribution in [3.05, 3.63) is 71.8 Å². The normalized spacial score (nSPS) is 14.3. The molecule has 3 aromatic rings. The summed E-state index contributed by atoms with van der Waals surface area (Å²) >= 11 is 0. The Hall–Kier alpha value is -3.54. The Morgan fingerprint density at radius 3 is 2.23 bits per heavy atom. The fraction of sp³-hybridized carbons (Fsp3) is 0.280. The number of ether oxygens (including phenoxy) is 2. The molecule has 6 heteroatoms. The van der Waals surface area contributed by atoms with Crippen LogP contribution in [0.5, 0.6) is 11.5 Å². The van der Waals surface area contributed by atoms with E-state index in [1.54, 1.807) is 32.4 Å². The lowest BCUT2D eigenvalue weighted by molar-refractivity contribution is 0.0697. The molecule has 0 bridgehead atoms. The van der Waals surface area contributed by atoms with Gasteiger partial charge in [0.25, 0.3) is 11.8 Å². The molecule has 0 atom stereocenters. The van der Waals surface area contributed by atoms with Crippen LogP contribution in [-0.2, 0) is 0 Å². The lowest BCUT2D eigenvalue weighted by Crippen LogP contribution is -2.46. The van der Waals surface area contributed by atoms with E-state index in [0.717, 1.165) is 10.8 Å². The third-order valence-electron chi connectivity index (χ3n) is 5.75. The van der Waals surface area contributed by atoms with E-state index in [0.29, 0.717) is 48.6 Å². The highest BCUT2D eigenvalue weighted by atomic mass is 16.5. The predicted molar refractivity (Wildman–Crippen MR) is 120 cm³/mol. The molecule has 1 aliphatic rings. The quantitative estimate of drug-likeness (QED) is 0.683. The van der Waals surface area contributed by atoms with Crippen LogP contribution in [0.15, 0.2) is 60.7 Å². The SMILES string of the molecule is COc1cc(OC)cc(C(=O)N2CCC(NC(=O)c3cccc4ccccc34)CC2)c1. The van der Waals surface area contributed by atoms with Gasteiger partial charge in [-0.3, -0.25) is 9.59 Å². The van der Waals surface area contributed by atoms with E-state index in [9.17, 15) is 9.59 Å². The highest BCUT2D eigenvalue weighted by Crippen LogP contribution is 2.25. The van der Waals surface area contributed by atoms with E-state index in [4.69, 9.17) is 9.47 Å². The summed E-state index contributed by atoms with van der Waals surface area (Å²) < 4.78 is 10.5. The van der Waals surface area contributed by atoms with Gasteiger partial charge in [-0.05, 0) is 41.8 Å². The minimum atomic E-state index is -0.0703. The molecule has 0 spiro atoms. The van der Waals surface area contributed by atoms with Crippen LogP contribution in [0.4, 0.5) is 0 Å². The number of carbonyl (C=O) groups excluding carboxylic acids is 2. The molecule has 2 amide bonds. The second-order valence-corrected chi connectivity index (χ2v) is 7.67. The van der Waals surface area contributed by atoms with E-state index < -0.39 is 0 Å². The molecule has 1 fully saturated rings. The van der Waals surface area contributed by atoms with Crippen molar-refractivity contribution in [1.82, 2.24) is 10.2 Å². The predicted octanol–water partition coefficient (Wildman–Crippen LogP) is 3.89. The van der Waals surface area contributed by atoms with Crippen LogP contribution >= 0.6 is 0 Å². The van der Waals surface area contributed by atoms with E-state index >= 15 is 0 Å². The molecule has 1 N–H and O–H groups in total. The monoisotopic (exact) mass is 418 g/mol. The Labute approximate surface area is 181 Å². The first-order chi connectivity index (χ1) is 15.1. The first kappa shape index (κ1) is 20.7. The van der Waals surface area contributed by atoms with Gasteiger partial charge >= 0.3 is 0 Å². The number of amides is 2. The van der Waals surface area contributed by atoms with Gasteiger partial charge in [0.1, 0.15) is 11.5 Å². The molecular weight excluding hydrogens is 392 g/mol. The molecule has 31 heavy (non-hydrogen) atoms. The number of likely N-dealkylation sites (tertiary alicyclic amines) is 1. The van der Waals surface area contributed by atoms with Crippen molar-refractivity contribution in [1.29, 1.82) is 0 Å². The lowest BCUT2D eigenvalue weighted by atomic mass is 10.0. The Morgan fingerprint density at radius 2 is 1.55 bits per heavy atom. The third kappa shape index (κ3) is 4.48. The maximum absolute atomic E-state index is 13.0. The van der Waals surface area contributed by atoms with Crippen LogP contribution in [0.2, 0.25) is 0 Å². The Morgan fingerprint density at radius 1 is 0.903 bits per heavy atom. The molecule has 1 saturated heterocycles. The van der Waals surface area contributed by atoms with Gasteiger partial charge in [-0.25, -0.2) is 0 Å². The number of fused-ring (bicyclic) bond motifs is 1. The summed E-state index contributed by atoms with van der Waals surface area (Å²) in [5, 5.41) is 5.14. The van der Waals surface area contributed by atoms with Crippen LogP contribution in [0.25, 0.3) is 10.8 Å². The van der Waals surface area contributed by atoms with E-state index in [1.165, 1.54) is 0 Å². The second-order valence-electron chi connectivity index (χ2n) is 7.67. The number of benzene rings is 3. The Kier molecular flexibility index (Phi) is 6.07. The second kappa shape index (κ2) is 9.08. The summed E-state index contributed by atoms with van der Waals surface area (Å²) in [7, 11) is 3.13. The van der Waals surface area contributed by atoms with Crippen molar-refractivity contribution in [2.45, 2.75) is 18.9 Å². The van der Waals surface area contributed by atoms with Gasteiger partial charge in [0, 0.05) is 36.3 Å². The number of carbonyl (C=O) groups is 2. The first-order valence-corrected chi connectivity index (χ1v) is 10.4. The maximum atomic E-state index is 13.0. The third-order valence-corrected chi connectivity index (χ3v) is 5.75. The summed E-state index contributed by atoms with van der Waals surface area (Å²) in [6.07, 6.45) is 1.42. The number of hydrogen-bond donors (Lipinski definition) is 1. The van der Waals surface area contributed by atoms with Crippen molar-refractivity contribution in [2.75, 3.05) is 27.3 Å². The fourth-order valence-electron chi connectivity index (χ4n) is 4.03. The standard InChI is InChI=1S/C25H26N2O4/c1-30-20-14-18(15-21(16-20)31-2)25(29)27-12-10-19(11-13-27)26-24(28)23-9-5-7-17-6-3-4-8-22(17)23/h3-9,14-16,19H,10-13H2,1-2H3,(H,26,28). The van der Waals surface area contributed by atoms with Crippen LogP contribution in [0.1, 0.15) is 33.6 Å². The van der Waals surface area contributed by atoms with Crippen molar-refractivity contribution < 1.29 is 19.1 Å². The molecule has 4 rings (SSSR count). The van der Waals surface area contributed by atoms with Crippen LogP contribution in [0, 0.1) is 0 Å². The number of methoxy groups -OCH3 is 2. The van der Waals surface area contributed by atoms with Crippen molar-refractivity contribution >= 4 is 22.6 Å². The van der Waals surface area contributed by atoms with E-state index in [-0.39, 0.29) is 17.9 Å². The molecule has 0 aromatic heterocycles. The molecule has 0 radical (unpaired) electrons. The minimum Gasteiger partial charge on any atom is -0.497 e. The topological polar surface area (TPSA) is 67.9 Å². The summed E-state index contributed by atoms with van der Waals surface area (Å²) in [5.74, 6) is 1.04. The Bertz CT molecular complexity index is 1080. The smallest absolute Gasteiger partial charge is 0.254 e. The number of piperidine rings is 1. The van der Waals surface area contributed by atoms with Crippen LogP contribution < -0.4 is 14.8 Å². The molecule has 1 heterocycles. The van der Waals surface area contributed by atoms with Gasteiger partial charge in [0.05, 0.1) is 14.2 Å². The molecule has 1 aliphatic heterocycles. The zero-order chi connectivity index (χ0) is 21.8. The average Bonchev–Trinajstić information content (AvgIpc) is 2.83. The van der Waals surface area contributed by atoms with Gasteiger partial charge in [0.15, 0.2) is 0 Å². The van der Waals surface area contributed by atoms with Crippen molar-refractivity contribution in [3.63, 3.8) is 0 Å². The van der Waals surface area contributed by atoms with Crippen molar-refractivity contribution in [3.8, 4) is 11.5 Å². The average molecular weight is 418 g/mol. The van der Waals surface area contributed by atoms with E-state index in [2.05, 4.69) is 5.32 Å². The molecule has 3 aromatic carbocycles. The van der Waals surface area contributed by atoms with Crippen molar-refractivity contribution in [2.24, 2.45) is 0 Å². The largest absolute Gasteiger partial charge is 0.497 e. The summed E-state index contributed by atoms with van der Waals surface area (Å²) in [6.45, 7) is 1.16. The lowest BCUT2D eigenvalue weighted by Gasteiger charge is -2.32. The number of nitrogens with zero attached hydrogens (tertiary/aromatic N) is 1. The summed E-state index contributed by atoms with van der Waals surface area (Å²) in [5.41, 5.74) is 1.22.